The Kier molecular flexibility index (Phi) is 7.47. The van der Waals surface area contributed by atoms with Gasteiger partial charge in [0.2, 0.25) is 21.6 Å². The van der Waals surface area contributed by atoms with Crippen LogP contribution in [0.25, 0.3) is 28.4 Å². The van der Waals surface area contributed by atoms with Crippen molar-refractivity contribution in [3.05, 3.63) is 78.1 Å². The second-order valence-electron chi connectivity index (χ2n) is 8.50. The molecule has 0 amide bonds. The summed E-state index contributed by atoms with van der Waals surface area (Å²) in [6, 6.07) is 17.3. The average Bonchev–Trinajstić information content (AvgIpc) is 3.32. The molecule has 11 nitrogen and oxygen atoms in total. The molecule has 206 valence electrons. The first kappa shape index (κ1) is 26.8. The molecule has 0 saturated heterocycles. The van der Waals surface area contributed by atoms with Gasteiger partial charge < -0.3 is 14.2 Å². The highest BCUT2D eigenvalue weighted by molar-refractivity contribution is 7.91. The average molecular weight is 565 g/mol. The summed E-state index contributed by atoms with van der Waals surface area (Å²) < 4.78 is 60.1. The topological polar surface area (TPSA) is 130 Å². The number of fused-ring (bicyclic) bond motifs is 1. The van der Waals surface area contributed by atoms with E-state index in [1.165, 1.54) is 44.6 Å². The normalized spacial score (nSPS) is 11.4. The van der Waals surface area contributed by atoms with Gasteiger partial charge in [-0.05, 0) is 42.8 Å². The lowest BCUT2D eigenvalue weighted by molar-refractivity contribution is 0.327. The molecule has 0 radical (unpaired) electrons. The number of imidazole rings is 1. The first-order valence-electron chi connectivity index (χ1n) is 12.1. The molecule has 0 aliphatic carbocycles. The van der Waals surface area contributed by atoms with E-state index in [1.807, 2.05) is 6.92 Å². The molecule has 0 fully saturated rings. The molecule has 0 unspecified atom stereocenters. The monoisotopic (exact) mass is 564 g/mol. The standard InChI is InChI=1S/C27H25FN6O5S/c1-4-39-24-10-5-7-19(29-24)27-30-26-20(34(27)25-21(37-2)8-6-9-22(25)38-3)15-23(31-32-26)33-40(35,36)16-17-11-13-18(28)14-12-17/h5-15H,4,16H2,1-3H3,(H,31,33). The minimum absolute atomic E-state index is 0.0350. The lowest BCUT2D eigenvalue weighted by Crippen LogP contribution is -2.16. The van der Waals surface area contributed by atoms with Crippen LogP contribution in [0, 0.1) is 5.82 Å². The van der Waals surface area contributed by atoms with Crippen molar-refractivity contribution < 1.29 is 27.0 Å². The van der Waals surface area contributed by atoms with Gasteiger partial charge in [-0.1, -0.05) is 24.3 Å². The molecule has 3 heterocycles. The number of nitrogens with one attached hydrogen (secondary N) is 1. The summed E-state index contributed by atoms with van der Waals surface area (Å²) in [7, 11) is -0.857. The zero-order valence-electron chi connectivity index (χ0n) is 21.8. The van der Waals surface area contributed by atoms with Gasteiger partial charge in [-0.15, -0.1) is 10.2 Å². The van der Waals surface area contributed by atoms with Crippen LogP contribution in [0.4, 0.5) is 10.2 Å². The summed E-state index contributed by atoms with van der Waals surface area (Å²) in [6.07, 6.45) is 0. The number of anilines is 1. The fourth-order valence-corrected chi connectivity index (χ4v) is 5.27. The van der Waals surface area contributed by atoms with Crippen LogP contribution in [-0.2, 0) is 15.8 Å². The maximum absolute atomic E-state index is 13.3. The van der Waals surface area contributed by atoms with E-state index in [2.05, 4.69) is 24.9 Å². The van der Waals surface area contributed by atoms with Gasteiger partial charge in [-0.25, -0.2) is 22.8 Å². The molecule has 0 saturated carbocycles. The van der Waals surface area contributed by atoms with Gasteiger partial charge in [-0.3, -0.25) is 9.29 Å². The second kappa shape index (κ2) is 11.1. The van der Waals surface area contributed by atoms with Crippen LogP contribution in [0.15, 0.2) is 66.7 Å². The summed E-state index contributed by atoms with van der Waals surface area (Å²) in [5.41, 5.74) is 2.02. The van der Waals surface area contributed by atoms with Crippen molar-refractivity contribution in [2.45, 2.75) is 12.7 Å². The van der Waals surface area contributed by atoms with Gasteiger partial charge >= 0.3 is 0 Å². The highest BCUT2D eigenvalue weighted by atomic mass is 32.2. The zero-order chi connectivity index (χ0) is 28.3. The number of ether oxygens (including phenoxy) is 3. The van der Waals surface area contributed by atoms with Crippen molar-refractivity contribution in [1.29, 1.82) is 0 Å². The Morgan fingerprint density at radius 1 is 0.925 bits per heavy atom. The van der Waals surface area contributed by atoms with Crippen LogP contribution >= 0.6 is 0 Å². The SMILES string of the molecule is CCOc1cccc(-c2nc3nnc(NS(=O)(=O)Cc4ccc(F)cc4)cc3n2-c2c(OC)cccc2OC)n1. The Morgan fingerprint density at radius 3 is 2.30 bits per heavy atom. The predicted molar refractivity (Wildman–Crippen MR) is 147 cm³/mol. The number of nitrogens with zero attached hydrogens (tertiary/aromatic N) is 5. The third kappa shape index (κ3) is 5.50. The minimum Gasteiger partial charge on any atom is -0.494 e. The van der Waals surface area contributed by atoms with Crippen LogP contribution < -0.4 is 18.9 Å². The molecule has 0 spiro atoms. The molecular weight excluding hydrogens is 539 g/mol. The molecule has 2 aromatic carbocycles. The van der Waals surface area contributed by atoms with E-state index in [9.17, 15) is 12.8 Å². The zero-order valence-corrected chi connectivity index (χ0v) is 22.6. The Morgan fingerprint density at radius 2 is 1.62 bits per heavy atom. The molecule has 5 rings (SSSR count). The summed E-state index contributed by atoms with van der Waals surface area (Å²) in [5.74, 6) is 0.847. The molecule has 1 N–H and O–H groups in total. The third-order valence-electron chi connectivity index (χ3n) is 5.82. The highest BCUT2D eigenvalue weighted by Crippen LogP contribution is 2.38. The number of sulfonamides is 1. The van der Waals surface area contributed by atoms with E-state index in [0.717, 1.165) is 0 Å². The fourth-order valence-electron chi connectivity index (χ4n) is 4.15. The summed E-state index contributed by atoms with van der Waals surface area (Å²) in [5, 5.41) is 8.22. The Hall–Kier alpha value is -4.78. The van der Waals surface area contributed by atoms with Crippen LogP contribution in [0.1, 0.15) is 12.5 Å². The van der Waals surface area contributed by atoms with E-state index < -0.39 is 15.8 Å². The van der Waals surface area contributed by atoms with Crippen LogP contribution in [0.2, 0.25) is 0 Å². The van der Waals surface area contributed by atoms with E-state index in [1.54, 1.807) is 41.0 Å². The van der Waals surface area contributed by atoms with E-state index >= 15 is 0 Å². The number of halogens is 1. The van der Waals surface area contributed by atoms with Crippen LogP contribution in [0.5, 0.6) is 17.4 Å². The van der Waals surface area contributed by atoms with Crippen molar-refractivity contribution in [2.24, 2.45) is 0 Å². The number of benzene rings is 2. The van der Waals surface area contributed by atoms with Gasteiger partial charge in [0.05, 0.1) is 32.1 Å². The Labute approximate surface area is 229 Å². The highest BCUT2D eigenvalue weighted by Gasteiger charge is 2.24. The Balaban J connectivity index is 1.66. The largest absolute Gasteiger partial charge is 0.494 e. The maximum Gasteiger partial charge on any atom is 0.238 e. The summed E-state index contributed by atoms with van der Waals surface area (Å²) >= 11 is 0. The number of pyridine rings is 1. The quantitative estimate of drug-likeness (QED) is 0.263. The lowest BCUT2D eigenvalue weighted by atomic mass is 10.2. The van der Waals surface area contributed by atoms with E-state index in [0.29, 0.717) is 52.3 Å². The minimum atomic E-state index is -3.91. The molecule has 40 heavy (non-hydrogen) atoms. The Bertz CT molecular complexity index is 1750. The van der Waals surface area contributed by atoms with E-state index in [-0.39, 0.29) is 17.2 Å². The molecule has 0 aliphatic heterocycles. The number of methoxy groups -OCH3 is 2. The first-order chi connectivity index (χ1) is 19.3. The molecule has 0 bridgehead atoms. The smallest absolute Gasteiger partial charge is 0.238 e. The predicted octanol–water partition coefficient (Wildman–Crippen LogP) is 4.37. The van der Waals surface area contributed by atoms with Crippen molar-refractivity contribution >= 4 is 27.0 Å². The molecule has 13 heteroatoms. The number of para-hydroxylation sites is 1. The molecule has 0 atom stereocenters. The van der Waals surface area contributed by atoms with Crippen molar-refractivity contribution in [3.63, 3.8) is 0 Å². The second-order valence-corrected chi connectivity index (χ2v) is 10.2. The van der Waals surface area contributed by atoms with Crippen molar-refractivity contribution in [3.8, 4) is 34.6 Å². The number of rotatable bonds is 10. The van der Waals surface area contributed by atoms with Gasteiger partial charge in [0.1, 0.15) is 28.7 Å². The van der Waals surface area contributed by atoms with E-state index in [4.69, 9.17) is 14.2 Å². The van der Waals surface area contributed by atoms with Gasteiger partial charge in [-0.2, -0.15) is 0 Å². The fraction of sp³-hybridized carbons (Fsp3) is 0.185. The first-order valence-corrected chi connectivity index (χ1v) is 13.8. The lowest BCUT2D eigenvalue weighted by Gasteiger charge is -2.17. The summed E-state index contributed by atoms with van der Waals surface area (Å²) in [6.45, 7) is 2.29. The van der Waals surface area contributed by atoms with Crippen molar-refractivity contribution in [2.75, 3.05) is 25.5 Å². The van der Waals surface area contributed by atoms with Crippen molar-refractivity contribution in [1.82, 2.24) is 24.7 Å². The molecule has 3 aromatic heterocycles. The van der Waals surface area contributed by atoms with Gasteiger partial charge in [0.25, 0.3) is 0 Å². The summed E-state index contributed by atoms with van der Waals surface area (Å²) in [4.78, 5) is 9.26. The van der Waals surface area contributed by atoms with Crippen LogP contribution in [0.3, 0.4) is 0 Å². The van der Waals surface area contributed by atoms with Crippen LogP contribution in [-0.4, -0.2) is 54.0 Å². The number of aromatic nitrogens is 5. The molecular formula is C27H25FN6O5S. The van der Waals surface area contributed by atoms with Gasteiger partial charge in [0, 0.05) is 12.1 Å². The third-order valence-corrected chi connectivity index (χ3v) is 7.05. The maximum atomic E-state index is 13.3. The molecule has 0 aliphatic rings. The molecule has 5 aromatic rings. The number of hydrogen-bond donors (Lipinski definition) is 1. The number of hydrogen-bond acceptors (Lipinski definition) is 9. The van der Waals surface area contributed by atoms with Gasteiger partial charge in [0.15, 0.2) is 11.6 Å².